The lowest BCUT2D eigenvalue weighted by Gasteiger charge is -2.33. The highest BCUT2D eigenvalue weighted by Gasteiger charge is 2.31. The van der Waals surface area contributed by atoms with E-state index in [-0.39, 0.29) is 35.9 Å². The molecule has 112 valence electrons. The van der Waals surface area contributed by atoms with Gasteiger partial charge in [0.2, 0.25) is 5.91 Å². The summed E-state index contributed by atoms with van der Waals surface area (Å²) in [6.45, 7) is 6.35. The largest absolute Gasteiger partial charge is 0.396 e. The van der Waals surface area contributed by atoms with Crippen LogP contribution in [0.15, 0.2) is 0 Å². The first-order valence-electron chi connectivity index (χ1n) is 7.53. The minimum absolute atomic E-state index is 0.000420. The lowest BCUT2D eigenvalue weighted by Crippen LogP contribution is -2.49. The van der Waals surface area contributed by atoms with Gasteiger partial charge in [-0.15, -0.1) is 0 Å². The van der Waals surface area contributed by atoms with Crippen LogP contribution in [0.2, 0.25) is 0 Å². The molecule has 1 saturated carbocycles. The normalized spacial score (nSPS) is 26.6. The minimum atomic E-state index is -0.0638. The molecular weight excluding hydrogens is 240 g/mol. The fourth-order valence-electron chi connectivity index (χ4n) is 2.79. The molecule has 3 atom stereocenters. The minimum Gasteiger partial charge on any atom is -0.396 e. The van der Waals surface area contributed by atoms with E-state index >= 15 is 0 Å². The molecule has 0 aliphatic heterocycles. The second-order valence-corrected chi connectivity index (χ2v) is 6.85. The summed E-state index contributed by atoms with van der Waals surface area (Å²) in [7, 11) is 0. The zero-order valence-corrected chi connectivity index (χ0v) is 12.6. The molecule has 0 bridgehead atoms. The van der Waals surface area contributed by atoms with E-state index in [1.807, 2.05) is 0 Å². The van der Waals surface area contributed by atoms with Gasteiger partial charge in [-0.25, -0.2) is 0 Å². The van der Waals surface area contributed by atoms with E-state index in [0.29, 0.717) is 6.42 Å². The van der Waals surface area contributed by atoms with E-state index in [0.717, 1.165) is 25.7 Å². The Balaban J connectivity index is 2.64. The van der Waals surface area contributed by atoms with Crippen LogP contribution in [0.3, 0.4) is 0 Å². The van der Waals surface area contributed by atoms with Gasteiger partial charge in [-0.2, -0.15) is 0 Å². The van der Waals surface area contributed by atoms with E-state index in [2.05, 4.69) is 26.1 Å². The maximum absolute atomic E-state index is 12.4. The van der Waals surface area contributed by atoms with Gasteiger partial charge >= 0.3 is 0 Å². The Morgan fingerprint density at radius 2 is 1.95 bits per heavy atom. The van der Waals surface area contributed by atoms with Crippen LogP contribution in [0.4, 0.5) is 0 Å². The third-order valence-corrected chi connectivity index (χ3v) is 4.19. The van der Waals surface area contributed by atoms with Gasteiger partial charge in [0.05, 0.1) is 5.92 Å². The Bertz CT molecular complexity index is 286. The maximum atomic E-state index is 12.4. The third kappa shape index (κ3) is 5.11. The van der Waals surface area contributed by atoms with Gasteiger partial charge in [0.1, 0.15) is 0 Å². The van der Waals surface area contributed by atoms with Crippen molar-refractivity contribution in [3.8, 4) is 0 Å². The summed E-state index contributed by atoms with van der Waals surface area (Å²) >= 11 is 0. The average molecular weight is 270 g/mol. The quantitative estimate of drug-likeness (QED) is 0.682. The van der Waals surface area contributed by atoms with Crippen LogP contribution in [0.5, 0.6) is 0 Å². The van der Waals surface area contributed by atoms with Gasteiger partial charge < -0.3 is 16.2 Å². The van der Waals surface area contributed by atoms with Crippen LogP contribution >= 0.6 is 0 Å². The Hall–Kier alpha value is -0.610. The highest BCUT2D eigenvalue weighted by atomic mass is 16.3. The Morgan fingerprint density at radius 1 is 1.32 bits per heavy atom. The molecule has 4 heteroatoms. The SMILES string of the molecule is CC(C)(C)C(CCO)NC(=O)C1CCCCCC1N. The van der Waals surface area contributed by atoms with Crippen molar-refractivity contribution < 1.29 is 9.90 Å². The van der Waals surface area contributed by atoms with Crippen molar-refractivity contribution in [2.24, 2.45) is 17.1 Å². The molecule has 1 fully saturated rings. The van der Waals surface area contributed by atoms with Crippen LogP contribution in [-0.4, -0.2) is 29.7 Å². The molecule has 4 N–H and O–H groups in total. The molecule has 19 heavy (non-hydrogen) atoms. The monoisotopic (exact) mass is 270 g/mol. The van der Waals surface area contributed by atoms with Crippen molar-refractivity contribution in [3.05, 3.63) is 0 Å². The van der Waals surface area contributed by atoms with Crippen molar-refractivity contribution in [3.63, 3.8) is 0 Å². The van der Waals surface area contributed by atoms with E-state index in [4.69, 9.17) is 10.8 Å². The van der Waals surface area contributed by atoms with E-state index in [1.54, 1.807) is 0 Å². The van der Waals surface area contributed by atoms with Gasteiger partial charge in [-0.1, -0.05) is 40.0 Å². The van der Waals surface area contributed by atoms with Crippen LogP contribution in [-0.2, 0) is 4.79 Å². The maximum Gasteiger partial charge on any atom is 0.224 e. The topological polar surface area (TPSA) is 75.3 Å². The zero-order valence-electron chi connectivity index (χ0n) is 12.6. The standard InChI is InChI=1S/C15H30N2O2/c1-15(2,3)13(9-10-18)17-14(19)11-7-5-4-6-8-12(11)16/h11-13,18H,4-10,16H2,1-3H3,(H,17,19). The molecular formula is C15H30N2O2. The molecule has 0 radical (unpaired) electrons. The molecule has 0 saturated heterocycles. The molecule has 0 heterocycles. The van der Waals surface area contributed by atoms with Gasteiger partial charge in [0.15, 0.2) is 0 Å². The summed E-state index contributed by atoms with van der Waals surface area (Å²) < 4.78 is 0. The molecule has 0 spiro atoms. The summed E-state index contributed by atoms with van der Waals surface area (Å²) in [5.74, 6) is 0.00816. The highest BCUT2D eigenvalue weighted by molar-refractivity contribution is 5.79. The summed E-state index contributed by atoms with van der Waals surface area (Å²) in [5, 5.41) is 12.3. The Morgan fingerprint density at radius 3 is 2.53 bits per heavy atom. The van der Waals surface area contributed by atoms with Crippen LogP contribution in [0.25, 0.3) is 0 Å². The molecule has 0 aromatic carbocycles. The summed E-state index contributed by atoms with van der Waals surface area (Å²) in [4.78, 5) is 12.4. The molecule has 1 rings (SSSR count). The van der Waals surface area contributed by atoms with Crippen molar-refractivity contribution in [1.29, 1.82) is 0 Å². The van der Waals surface area contributed by atoms with Gasteiger partial charge in [0.25, 0.3) is 0 Å². The number of amides is 1. The molecule has 1 aliphatic rings. The first kappa shape index (κ1) is 16.4. The van der Waals surface area contributed by atoms with Crippen molar-refractivity contribution in [2.45, 2.75) is 71.4 Å². The Labute approximate surface area is 117 Å². The van der Waals surface area contributed by atoms with Gasteiger partial charge in [-0.3, -0.25) is 4.79 Å². The predicted octanol–water partition coefficient (Wildman–Crippen LogP) is 1.81. The number of aliphatic hydroxyl groups excluding tert-OH is 1. The lowest BCUT2D eigenvalue weighted by molar-refractivity contribution is -0.127. The number of nitrogens with one attached hydrogen (secondary N) is 1. The van der Waals surface area contributed by atoms with Gasteiger partial charge in [0, 0.05) is 18.7 Å². The van der Waals surface area contributed by atoms with Crippen molar-refractivity contribution >= 4 is 5.91 Å². The smallest absolute Gasteiger partial charge is 0.224 e. The van der Waals surface area contributed by atoms with Crippen LogP contribution in [0.1, 0.15) is 59.3 Å². The predicted molar refractivity (Wildman–Crippen MR) is 77.6 cm³/mol. The second-order valence-electron chi connectivity index (χ2n) is 6.85. The van der Waals surface area contributed by atoms with Crippen molar-refractivity contribution in [1.82, 2.24) is 5.32 Å². The number of carbonyl (C=O) groups is 1. The molecule has 3 unspecified atom stereocenters. The molecule has 4 nitrogen and oxygen atoms in total. The molecule has 0 aromatic rings. The van der Waals surface area contributed by atoms with E-state index in [9.17, 15) is 4.79 Å². The first-order chi connectivity index (χ1) is 8.86. The average Bonchev–Trinajstić information content (AvgIpc) is 2.52. The summed E-state index contributed by atoms with van der Waals surface area (Å²) in [5.41, 5.74) is 6.08. The van der Waals surface area contributed by atoms with E-state index < -0.39 is 0 Å². The third-order valence-electron chi connectivity index (χ3n) is 4.19. The number of hydrogen-bond donors (Lipinski definition) is 3. The Kier molecular flexibility index (Phi) is 6.27. The summed E-state index contributed by atoms with van der Waals surface area (Å²) in [6.07, 6.45) is 5.82. The van der Waals surface area contributed by atoms with Crippen LogP contribution < -0.4 is 11.1 Å². The fraction of sp³-hybridized carbons (Fsp3) is 0.933. The lowest BCUT2D eigenvalue weighted by atomic mass is 9.84. The fourth-order valence-corrected chi connectivity index (χ4v) is 2.79. The number of rotatable bonds is 4. The first-order valence-corrected chi connectivity index (χ1v) is 7.53. The number of aliphatic hydroxyl groups is 1. The molecule has 1 aliphatic carbocycles. The van der Waals surface area contributed by atoms with E-state index in [1.165, 1.54) is 6.42 Å². The van der Waals surface area contributed by atoms with Crippen molar-refractivity contribution in [2.75, 3.05) is 6.61 Å². The van der Waals surface area contributed by atoms with Crippen LogP contribution in [0, 0.1) is 11.3 Å². The summed E-state index contributed by atoms with van der Waals surface area (Å²) in [6, 6.07) is -0.0160. The zero-order chi connectivity index (χ0) is 14.5. The number of hydrogen-bond acceptors (Lipinski definition) is 3. The molecule has 1 amide bonds. The number of carbonyl (C=O) groups excluding carboxylic acids is 1. The molecule has 0 aromatic heterocycles. The highest BCUT2D eigenvalue weighted by Crippen LogP contribution is 2.25. The number of nitrogens with two attached hydrogens (primary N) is 1. The van der Waals surface area contributed by atoms with Gasteiger partial charge in [-0.05, 0) is 24.7 Å². The second kappa shape index (κ2) is 7.25.